The van der Waals surface area contributed by atoms with Gasteiger partial charge in [0.25, 0.3) is 10.0 Å². The quantitative estimate of drug-likeness (QED) is 0.820. The molecule has 6 nitrogen and oxygen atoms in total. The number of carbonyl (C=O) groups is 1. The van der Waals surface area contributed by atoms with Crippen molar-refractivity contribution < 1.29 is 13.2 Å². The molecule has 1 aromatic rings. The fourth-order valence-electron chi connectivity index (χ4n) is 1.11. The molecule has 0 spiro atoms. The van der Waals surface area contributed by atoms with Crippen LogP contribution in [0.5, 0.6) is 0 Å². The Morgan fingerprint density at radius 2 is 2.28 bits per heavy atom. The van der Waals surface area contributed by atoms with Crippen molar-refractivity contribution in [1.82, 2.24) is 15.0 Å². The van der Waals surface area contributed by atoms with E-state index in [0.717, 1.165) is 24.0 Å². The predicted octanol–water partition coefficient (Wildman–Crippen LogP) is 0.990. The smallest absolute Gasteiger partial charge is 0.252 e. The van der Waals surface area contributed by atoms with E-state index in [1.165, 1.54) is 6.92 Å². The molecule has 0 bridgehead atoms. The van der Waals surface area contributed by atoms with Crippen molar-refractivity contribution in [2.75, 3.05) is 6.54 Å². The van der Waals surface area contributed by atoms with Gasteiger partial charge in [-0.1, -0.05) is 29.9 Å². The highest BCUT2D eigenvalue weighted by atomic mass is 35.5. The molecular formula is C9H14ClN3O3S2. The number of hydrogen-bond acceptors (Lipinski definition) is 5. The zero-order valence-corrected chi connectivity index (χ0v) is 12.3. The fraction of sp³-hybridized carbons (Fsp3) is 0.556. The van der Waals surface area contributed by atoms with Crippen LogP contribution in [-0.4, -0.2) is 31.9 Å². The number of rotatable bonds is 6. The van der Waals surface area contributed by atoms with Gasteiger partial charge in [0.2, 0.25) is 5.91 Å². The van der Waals surface area contributed by atoms with E-state index in [-0.39, 0.29) is 14.6 Å². The average molecular weight is 312 g/mol. The molecule has 18 heavy (non-hydrogen) atoms. The van der Waals surface area contributed by atoms with Crippen molar-refractivity contribution in [2.45, 2.75) is 30.5 Å². The highest BCUT2D eigenvalue weighted by molar-refractivity contribution is 7.91. The third-order valence-electron chi connectivity index (χ3n) is 2.00. The molecule has 1 amide bonds. The van der Waals surface area contributed by atoms with E-state index in [4.69, 9.17) is 11.6 Å². The van der Waals surface area contributed by atoms with Gasteiger partial charge in [-0.05, 0) is 13.3 Å². The van der Waals surface area contributed by atoms with Gasteiger partial charge in [-0.2, -0.15) is 4.72 Å². The van der Waals surface area contributed by atoms with E-state index >= 15 is 0 Å². The molecule has 0 aliphatic heterocycles. The highest BCUT2D eigenvalue weighted by Gasteiger charge is 2.23. The second-order valence-electron chi connectivity index (χ2n) is 3.57. The molecule has 1 atom stereocenters. The lowest BCUT2D eigenvalue weighted by atomic mass is 10.3. The lowest BCUT2D eigenvalue weighted by Gasteiger charge is -2.12. The van der Waals surface area contributed by atoms with Gasteiger partial charge in [0.05, 0.1) is 12.2 Å². The summed E-state index contributed by atoms with van der Waals surface area (Å²) < 4.78 is 26.1. The Bertz CT molecular complexity index is 515. The second kappa shape index (κ2) is 6.46. The summed E-state index contributed by atoms with van der Waals surface area (Å²) >= 11 is 6.41. The van der Waals surface area contributed by atoms with Gasteiger partial charge >= 0.3 is 0 Å². The molecule has 2 N–H and O–H groups in total. The minimum atomic E-state index is -3.75. The van der Waals surface area contributed by atoms with Crippen molar-refractivity contribution in [3.63, 3.8) is 0 Å². The van der Waals surface area contributed by atoms with Crippen LogP contribution in [0.1, 0.15) is 20.3 Å². The first kappa shape index (κ1) is 15.4. The SMILES string of the molecule is CCCNC(=O)C(C)NS(=O)(=O)c1cnc(Cl)s1. The van der Waals surface area contributed by atoms with Crippen molar-refractivity contribution >= 4 is 38.9 Å². The molecular weight excluding hydrogens is 298 g/mol. The largest absolute Gasteiger partial charge is 0.355 e. The summed E-state index contributed by atoms with van der Waals surface area (Å²) in [5.41, 5.74) is 0. The molecule has 0 radical (unpaired) electrons. The summed E-state index contributed by atoms with van der Waals surface area (Å²) in [5, 5.41) is 2.61. The lowest BCUT2D eigenvalue weighted by molar-refractivity contribution is -0.122. The number of hydrogen-bond donors (Lipinski definition) is 2. The second-order valence-corrected chi connectivity index (χ2v) is 7.12. The average Bonchev–Trinajstić information content (AvgIpc) is 2.72. The van der Waals surface area contributed by atoms with Gasteiger partial charge in [0.15, 0.2) is 8.68 Å². The normalized spacial score (nSPS) is 13.3. The first-order chi connectivity index (χ1) is 8.36. The van der Waals surface area contributed by atoms with E-state index < -0.39 is 16.1 Å². The number of nitrogens with one attached hydrogen (secondary N) is 2. The van der Waals surface area contributed by atoms with Crippen LogP contribution in [0.3, 0.4) is 0 Å². The Hall–Kier alpha value is -0.700. The summed E-state index contributed by atoms with van der Waals surface area (Å²) in [5.74, 6) is -0.365. The Balaban J connectivity index is 2.69. The summed E-state index contributed by atoms with van der Waals surface area (Å²) in [6.07, 6.45) is 1.95. The van der Waals surface area contributed by atoms with E-state index in [9.17, 15) is 13.2 Å². The Labute approximate surface area is 115 Å². The number of amides is 1. The van der Waals surface area contributed by atoms with Crippen LogP contribution in [0.25, 0.3) is 0 Å². The molecule has 0 aliphatic carbocycles. The van der Waals surface area contributed by atoms with E-state index in [2.05, 4.69) is 15.0 Å². The number of thiazole rings is 1. The Kier molecular flexibility index (Phi) is 5.51. The molecule has 0 saturated heterocycles. The van der Waals surface area contributed by atoms with Gasteiger partial charge < -0.3 is 5.32 Å². The van der Waals surface area contributed by atoms with Crippen molar-refractivity contribution in [3.8, 4) is 0 Å². The molecule has 1 aromatic heterocycles. The van der Waals surface area contributed by atoms with Crippen LogP contribution in [0.4, 0.5) is 0 Å². The van der Waals surface area contributed by atoms with Crippen LogP contribution in [0, 0.1) is 0 Å². The molecule has 0 aromatic carbocycles. The van der Waals surface area contributed by atoms with Crippen molar-refractivity contribution in [3.05, 3.63) is 10.7 Å². The minimum absolute atomic E-state index is 0.0114. The van der Waals surface area contributed by atoms with Crippen molar-refractivity contribution in [2.24, 2.45) is 0 Å². The lowest BCUT2D eigenvalue weighted by Crippen LogP contribution is -2.44. The maximum Gasteiger partial charge on any atom is 0.252 e. The molecule has 0 saturated carbocycles. The third-order valence-corrected chi connectivity index (χ3v) is 5.11. The van der Waals surface area contributed by atoms with E-state index in [0.29, 0.717) is 6.54 Å². The molecule has 9 heteroatoms. The van der Waals surface area contributed by atoms with Gasteiger partial charge in [-0.15, -0.1) is 0 Å². The number of nitrogens with zero attached hydrogens (tertiary/aromatic N) is 1. The summed E-state index contributed by atoms with van der Waals surface area (Å²) in [4.78, 5) is 15.2. The standard InChI is InChI=1S/C9H14ClN3O3S2/c1-3-4-11-8(14)6(2)13-18(15,16)7-5-12-9(10)17-7/h5-6,13H,3-4H2,1-2H3,(H,11,14). The molecule has 1 rings (SSSR count). The van der Waals surface area contributed by atoms with E-state index in [1.807, 2.05) is 6.92 Å². The first-order valence-corrected chi connectivity index (χ1v) is 7.96. The molecule has 1 unspecified atom stereocenters. The van der Waals surface area contributed by atoms with Crippen LogP contribution >= 0.6 is 22.9 Å². The Morgan fingerprint density at radius 1 is 1.61 bits per heavy atom. The zero-order valence-electron chi connectivity index (χ0n) is 9.94. The summed E-state index contributed by atoms with van der Waals surface area (Å²) in [6.45, 7) is 3.90. The summed E-state index contributed by atoms with van der Waals surface area (Å²) in [7, 11) is -3.75. The predicted molar refractivity (Wildman–Crippen MR) is 70.2 cm³/mol. The van der Waals surface area contributed by atoms with Crippen LogP contribution in [0.15, 0.2) is 10.4 Å². The minimum Gasteiger partial charge on any atom is -0.355 e. The van der Waals surface area contributed by atoms with Gasteiger partial charge in [-0.3, -0.25) is 4.79 Å². The zero-order chi connectivity index (χ0) is 13.8. The molecule has 1 heterocycles. The summed E-state index contributed by atoms with van der Waals surface area (Å²) in [6, 6.07) is -0.845. The first-order valence-electron chi connectivity index (χ1n) is 5.28. The van der Waals surface area contributed by atoms with Crippen LogP contribution in [0.2, 0.25) is 4.47 Å². The van der Waals surface area contributed by atoms with E-state index in [1.54, 1.807) is 0 Å². The topological polar surface area (TPSA) is 88.2 Å². The number of aromatic nitrogens is 1. The monoisotopic (exact) mass is 311 g/mol. The third kappa shape index (κ3) is 4.20. The molecule has 0 aliphatic rings. The molecule has 0 fully saturated rings. The maximum atomic E-state index is 11.9. The number of sulfonamides is 1. The number of halogens is 1. The van der Waals surface area contributed by atoms with Crippen LogP contribution in [-0.2, 0) is 14.8 Å². The van der Waals surface area contributed by atoms with Gasteiger partial charge in [0, 0.05) is 6.54 Å². The molecule has 102 valence electrons. The Morgan fingerprint density at radius 3 is 2.78 bits per heavy atom. The number of carbonyl (C=O) groups excluding carboxylic acids is 1. The maximum absolute atomic E-state index is 11.9. The van der Waals surface area contributed by atoms with Crippen LogP contribution < -0.4 is 10.0 Å². The van der Waals surface area contributed by atoms with Gasteiger partial charge in [-0.25, -0.2) is 13.4 Å². The van der Waals surface area contributed by atoms with Gasteiger partial charge in [0.1, 0.15) is 0 Å². The van der Waals surface area contributed by atoms with Crippen molar-refractivity contribution in [1.29, 1.82) is 0 Å². The highest BCUT2D eigenvalue weighted by Crippen LogP contribution is 2.22. The fourth-order valence-corrected chi connectivity index (χ4v) is 3.62.